The predicted molar refractivity (Wildman–Crippen MR) is 244 cm³/mol. The lowest BCUT2D eigenvalue weighted by atomic mass is 9.92. The Morgan fingerprint density at radius 1 is 0.406 bits per heavy atom. The number of alkyl halides is 4. The van der Waals surface area contributed by atoms with E-state index < -0.39 is 47.1 Å². The number of aryl methyl sites for hydroxylation is 4. The van der Waals surface area contributed by atoms with Crippen molar-refractivity contribution in [3.8, 4) is 0 Å². The quantitative estimate of drug-likeness (QED) is 0.0949. The molecular weight excluding hydrogens is 823 g/mol. The molecule has 0 spiro atoms. The summed E-state index contributed by atoms with van der Waals surface area (Å²) < 4.78 is 89.8. The van der Waals surface area contributed by atoms with Crippen LogP contribution >= 0.6 is 0 Å². The molecule has 0 saturated carbocycles. The molecule has 0 unspecified atom stereocenters. The smallest absolute Gasteiger partial charge is 0.333 e. The average molecular weight is 867 g/mol. The van der Waals surface area contributed by atoms with Gasteiger partial charge in [0.25, 0.3) is 0 Å². The Hall–Kier alpha value is -7.20. The van der Waals surface area contributed by atoms with Crippen molar-refractivity contribution in [2.24, 2.45) is 0 Å². The molecule has 0 aliphatic rings. The summed E-state index contributed by atoms with van der Waals surface area (Å²) in [6, 6.07) is 40.3. The van der Waals surface area contributed by atoms with E-state index in [0.717, 1.165) is 57.3 Å². The van der Waals surface area contributed by atoms with Gasteiger partial charge < -0.3 is 10.6 Å². The van der Waals surface area contributed by atoms with Gasteiger partial charge in [-0.15, -0.1) is 0 Å². The molecule has 64 heavy (non-hydrogen) atoms. The van der Waals surface area contributed by atoms with Gasteiger partial charge in [-0.3, -0.25) is 9.59 Å². The topological polar surface area (TPSA) is 58.2 Å². The maximum absolute atomic E-state index is 15.7. The third-order valence-corrected chi connectivity index (χ3v) is 11.4. The van der Waals surface area contributed by atoms with Gasteiger partial charge in [-0.25, -0.2) is 8.78 Å². The maximum atomic E-state index is 15.7. The molecule has 0 saturated heterocycles. The van der Waals surface area contributed by atoms with Crippen LogP contribution in [0.4, 0.5) is 37.7 Å². The van der Waals surface area contributed by atoms with Crippen LogP contribution in [0.25, 0.3) is 21.5 Å². The average Bonchev–Trinajstić information content (AvgIpc) is 3.29. The van der Waals surface area contributed by atoms with E-state index in [9.17, 15) is 18.4 Å². The van der Waals surface area contributed by atoms with Crippen LogP contribution in [0.2, 0.25) is 0 Å². The lowest BCUT2D eigenvalue weighted by molar-refractivity contribution is -0.00268. The molecule has 0 aliphatic carbocycles. The second-order valence-electron chi connectivity index (χ2n) is 15.9. The van der Waals surface area contributed by atoms with Crippen LogP contribution in [0.3, 0.4) is 0 Å². The summed E-state index contributed by atoms with van der Waals surface area (Å²) in [5.74, 6) is -11.3. The highest BCUT2D eigenvalue weighted by Gasteiger charge is 2.49. The summed E-state index contributed by atoms with van der Waals surface area (Å²) in [5, 5.41) is 8.76. The highest BCUT2D eigenvalue weighted by Crippen LogP contribution is 2.40. The number of nitrogens with one attached hydrogen (secondary N) is 2. The zero-order chi connectivity index (χ0) is 45.8. The number of benzene rings is 8. The first-order chi connectivity index (χ1) is 30.5. The molecule has 4 nitrogen and oxygen atoms in total. The molecule has 0 aromatic heterocycles. The van der Waals surface area contributed by atoms with Gasteiger partial charge in [-0.2, -0.15) is 17.6 Å². The molecular formula is C54H44F6N2O2. The first kappa shape index (κ1) is 44.8. The number of carbonyl (C=O) groups excluding carboxylic acids is 2. The van der Waals surface area contributed by atoms with Crippen LogP contribution < -0.4 is 10.6 Å². The number of halogens is 6. The molecule has 8 rings (SSSR count). The standard InChI is InChI=1S/2C27H22F3NO/c2*1-17-7-14-24(15-18(17)2)31-25(20-10-12-23(28)13-11-20)27(29,30)26(32)22-9-8-19-5-3-4-6-21(19)16-22/h2*3-16,25,31H,1-2H3/t2*25-/m00/s1. The molecule has 0 bridgehead atoms. The van der Waals surface area contributed by atoms with E-state index in [1.54, 1.807) is 60.7 Å². The normalized spacial score (nSPS) is 12.5. The van der Waals surface area contributed by atoms with E-state index in [1.807, 2.05) is 64.1 Å². The summed E-state index contributed by atoms with van der Waals surface area (Å²) in [6.45, 7) is 7.61. The Bertz CT molecular complexity index is 2770. The Labute approximate surface area is 367 Å². The van der Waals surface area contributed by atoms with E-state index in [-0.39, 0.29) is 22.3 Å². The van der Waals surface area contributed by atoms with Crippen LogP contribution in [0, 0.1) is 39.3 Å². The fourth-order valence-electron chi connectivity index (χ4n) is 7.38. The van der Waals surface area contributed by atoms with Crippen molar-refractivity contribution >= 4 is 44.5 Å². The van der Waals surface area contributed by atoms with E-state index in [1.165, 1.54) is 48.5 Å². The number of hydrogen-bond donors (Lipinski definition) is 2. The van der Waals surface area contributed by atoms with Crippen LogP contribution in [0.1, 0.15) is 66.2 Å². The van der Waals surface area contributed by atoms with Crippen LogP contribution in [0.15, 0.2) is 170 Å². The predicted octanol–water partition coefficient (Wildman–Crippen LogP) is 14.5. The Balaban J connectivity index is 0.000000191. The minimum Gasteiger partial charge on any atom is -0.372 e. The Kier molecular flexibility index (Phi) is 13.1. The Morgan fingerprint density at radius 2 is 0.750 bits per heavy atom. The summed E-state index contributed by atoms with van der Waals surface area (Å²) in [7, 11) is 0. The van der Waals surface area contributed by atoms with E-state index in [0.29, 0.717) is 22.1 Å². The van der Waals surface area contributed by atoms with Crippen molar-refractivity contribution in [1.29, 1.82) is 0 Å². The van der Waals surface area contributed by atoms with E-state index >= 15 is 17.6 Å². The number of rotatable bonds is 12. The van der Waals surface area contributed by atoms with Gasteiger partial charge >= 0.3 is 11.8 Å². The highest BCUT2D eigenvalue weighted by molar-refractivity contribution is 6.05. The second kappa shape index (κ2) is 18.6. The van der Waals surface area contributed by atoms with Crippen LogP contribution in [-0.4, -0.2) is 23.4 Å². The van der Waals surface area contributed by atoms with Crippen LogP contribution in [-0.2, 0) is 0 Å². The molecule has 8 aromatic rings. The zero-order valence-corrected chi connectivity index (χ0v) is 35.4. The fourth-order valence-corrected chi connectivity index (χ4v) is 7.38. The number of Topliss-reactive ketones (excluding diaryl/α,β-unsaturated/α-hetero) is 2. The van der Waals surface area contributed by atoms with Gasteiger partial charge in [0.15, 0.2) is 0 Å². The first-order valence-corrected chi connectivity index (χ1v) is 20.5. The van der Waals surface area contributed by atoms with E-state index in [2.05, 4.69) is 10.6 Å². The number of fused-ring (bicyclic) bond motifs is 2. The minimum atomic E-state index is -3.79. The second-order valence-corrected chi connectivity index (χ2v) is 15.9. The SMILES string of the molecule is Cc1ccc(N[C@@H](c2ccc(F)cc2)C(F)(F)C(=O)c2ccc3ccccc3c2)cc1C.Cc1ccc(N[C@@H](c2ccc(F)cc2)C(F)(F)C(=O)c2ccc3ccccc3c2)cc1C. The van der Waals surface area contributed by atoms with Crippen molar-refractivity contribution in [3.05, 3.63) is 226 Å². The maximum Gasteiger partial charge on any atom is 0.333 e. The molecule has 0 heterocycles. The molecule has 324 valence electrons. The minimum absolute atomic E-state index is 0.0808. The molecule has 0 amide bonds. The van der Waals surface area contributed by atoms with Gasteiger partial charge in [0.05, 0.1) is 0 Å². The molecule has 10 heteroatoms. The molecule has 0 fully saturated rings. The Morgan fingerprint density at radius 3 is 1.09 bits per heavy atom. The lowest BCUT2D eigenvalue weighted by Crippen LogP contribution is -2.40. The van der Waals surface area contributed by atoms with Crippen molar-refractivity contribution in [2.45, 2.75) is 51.6 Å². The van der Waals surface area contributed by atoms with Gasteiger partial charge in [0.2, 0.25) is 11.6 Å². The van der Waals surface area contributed by atoms with Crippen molar-refractivity contribution in [1.82, 2.24) is 0 Å². The largest absolute Gasteiger partial charge is 0.372 e. The molecule has 0 radical (unpaired) electrons. The fraction of sp³-hybridized carbons (Fsp3) is 0.148. The molecule has 2 atom stereocenters. The van der Waals surface area contributed by atoms with Crippen molar-refractivity contribution in [3.63, 3.8) is 0 Å². The third-order valence-electron chi connectivity index (χ3n) is 11.4. The van der Waals surface area contributed by atoms with E-state index in [4.69, 9.17) is 0 Å². The third kappa shape index (κ3) is 9.87. The molecule has 8 aromatic carbocycles. The summed E-state index contributed by atoms with van der Waals surface area (Å²) >= 11 is 0. The molecule has 0 aliphatic heterocycles. The number of ketones is 2. The number of anilines is 2. The highest BCUT2D eigenvalue weighted by atomic mass is 19.3. The van der Waals surface area contributed by atoms with Gasteiger partial charge in [0, 0.05) is 22.5 Å². The number of hydrogen-bond acceptors (Lipinski definition) is 4. The summed E-state index contributed by atoms with van der Waals surface area (Å²) in [5.41, 5.74) is 4.87. The lowest BCUT2D eigenvalue weighted by Gasteiger charge is -2.28. The van der Waals surface area contributed by atoms with Crippen molar-refractivity contribution < 1.29 is 35.9 Å². The monoisotopic (exact) mass is 866 g/mol. The number of carbonyl (C=O) groups is 2. The zero-order valence-electron chi connectivity index (χ0n) is 35.4. The summed E-state index contributed by atoms with van der Waals surface area (Å²) in [6.07, 6.45) is 0. The summed E-state index contributed by atoms with van der Waals surface area (Å²) in [4.78, 5) is 26.1. The van der Waals surface area contributed by atoms with Gasteiger partial charge in [-0.1, -0.05) is 109 Å². The van der Waals surface area contributed by atoms with Crippen LogP contribution in [0.5, 0.6) is 0 Å². The molecule has 2 N–H and O–H groups in total. The van der Waals surface area contributed by atoms with Crippen molar-refractivity contribution in [2.75, 3.05) is 10.6 Å². The van der Waals surface area contributed by atoms with Gasteiger partial charge in [0.1, 0.15) is 23.7 Å². The first-order valence-electron chi connectivity index (χ1n) is 20.5. The van der Waals surface area contributed by atoms with Gasteiger partial charge in [-0.05, 0) is 143 Å².